The van der Waals surface area contributed by atoms with Gasteiger partial charge in [-0.25, -0.2) is 0 Å². The predicted molar refractivity (Wildman–Crippen MR) is 109 cm³/mol. The molecule has 6 nitrogen and oxygen atoms in total. The Bertz CT molecular complexity index is 494. The summed E-state index contributed by atoms with van der Waals surface area (Å²) < 4.78 is 28.0. The molecular weight excluding hydrogens is 354 g/mol. The molecule has 0 bridgehead atoms. The lowest BCUT2D eigenvalue weighted by molar-refractivity contribution is 0.0396. The fourth-order valence-corrected chi connectivity index (χ4v) is 2.58. The molecule has 0 fully saturated rings. The van der Waals surface area contributed by atoms with Gasteiger partial charge in [0.1, 0.15) is 0 Å². The second kappa shape index (κ2) is 15.7. The van der Waals surface area contributed by atoms with Crippen molar-refractivity contribution in [3.8, 4) is 0 Å². The Balaban J connectivity index is 0.00000141. The van der Waals surface area contributed by atoms with E-state index in [2.05, 4.69) is 24.7 Å². The molecule has 148 valence electrons. The Kier molecular flexibility index (Phi) is 14.8. The number of hydrogen-bond acceptors (Lipinski definition) is 6. The van der Waals surface area contributed by atoms with Crippen LogP contribution in [0.15, 0.2) is 60.2 Å². The number of nitrogens with zero attached hydrogens (tertiary/aromatic N) is 1. The summed E-state index contributed by atoms with van der Waals surface area (Å²) >= 11 is 0. The molecule has 7 heteroatoms. The first-order valence-corrected chi connectivity index (χ1v) is 10.0. The minimum Gasteiger partial charge on any atom is -0.381 e. The largest absolute Gasteiger partial charge is 0.381 e. The van der Waals surface area contributed by atoms with Crippen molar-refractivity contribution in [3.63, 3.8) is 0 Å². The molecule has 2 atom stereocenters. The van der Waals surface area contributed by atoms with Gasteiger partial charge in [0, 0.05) is 12.5 Å². The van der Waals surface area contributed by atoms with Crippen molar-refractivity contribution in [1.29, 1.82) is 0 Å². The van der Waals surface area contributed by atoms with Gasteiger partial charge in [0.15, 0.2) is 0 Å². The zero-order valence-electron chi connectivity index (χ0n) is 15.7. The molecule has 0 radical (unpaired) electrons. The highest BCUT2D eigenvalue weighted by Crippen LogP contribution is 2.45. The van der Waals surface area contributed by atoms with E-state index in [0.717, 1.165) is 5.56 Å². The zero-order chi connectivity index (χ0) is 19.7. The van der Waals surface area contributed by atoms with Crippen LogP contribution in [0.3, 0.4) is 0 Å². The van der Waals surface area contributed by atoms with Crippen molar-refractivity contribution in [2.45, 2.75) is 20.0 Å². The molecule has 0 saturated carbocycles. The van der Waals surface area contributed by atoms with Gasteiger partial charge in [0.05, 0.1) is 37.3 Å². The van der Waals surface area contributed by atoms with Crippen molar-refractivity contribution in [1.82, 2.24) is 0 Å². The van der Waals surface area contributed by atoms with Gasteiger partial charge in [-0.1, -0.05) is 73.3 Å². The number of benzene rings is 1. The lowest BCUT2D eigenvalue weighted by Crippen LogP contribution is -2.14. The summed E-state index contributed by atoms with van der Waals surface area (Å²) in [5.41, 5.74) is 1.15. The van der Waals surface area contributed by atoms with Crippen LogP contribution in [0.4, 0.5) is 0 Å². The number of nitroso groups, excluding NO2 is 1. The third-order valence-electron chi connectivity index (χ3n) is 3.17. The predicted octanol–water partition coefficient (Wildman–Crippen LogP) is 5.12. The lowest BCUT2D eigenvalue weighted by atomic mass is 10.2. The van der Waals surface area contributed by atoms with Crippen LogP contribution in [0.1, 0.15) is 18.9 Å². The molecule has 0 aliphatic rings. The molecule has 0 heterocycles. The molecule has 0 amide bonds. The van der Waals surface area contributed by atoms with Crippen molar-refractivity contribution < 1.29 is 18.2 Å². The SMILES string of the molecule is C=CC=C.COS(O)(CCCOCC(C)COCc1ccccc1)N=O. The molecule has 1 aromatic carbocycles. The van der Waals surface area contributed by atoms with Gasteiger partial charge in [0.25, 0.3) is 0 Å². The van der Waals surface area contributed by atoms with Crippen molar-refractivity contribution in [2.75, 3.05) is 32.7 Å². The molecule has 1 rings (SSSR count). The summed E-state index contributed by atoms with van der Waals surface area (Å²) in [5, 5.41) is 0. The van der Waals surface area contributed by atoms with E-state index in [4.69, 9.17) is 13.7 Å². The van der Waals surface area contributed by atoms with Crippen LogP contribution in [0, 0.1) is 10.8 Å². The van der Waals surface area contributed by atoms with Crippen molar-refractivity contribution in [3.05, 3.63) is 66.1 Å². The molecule has 0 saturated heterocycles. The maximum absolute atomic E-state index is 10.4. The third-order valence-corrected chi connectivity index (χ3v) is 4.75. The first kappa shape index (κ1) is 24.5. The van der Waals surface area contributed by atoms with E-state index in [1.165, 1.54) is 7.11 Å². The Morgan fingerprint density at radius 3 is 2.35 bits per heavy atom. The van der Waals surface area contributed by atoms with Crippen LogP contribution in [0.25, 0.3) is 0 Å². The maximum atomic E-state index is 10.4. The van der Waals surface area contributed by atoms with Crippen molar-refractivity contribution in [2.24, 2.45) is 10.5 Å². The summed E-state index contributed by atoms with van der Waals surface area (Å²) in [6, 6.07) is 10.0. The third kappa shape index (κ3) is 12.8. The quantitative estimate of drug-likeness (QED) is 0.289. The Hall–Kier alpha value is -1.51. The second-order valence-electron chi connectivity index (χ2n) is 5.56. The average Bonchev–Trinajstić information content (AvgIpc) is 2.68. The monoisotopic (exact) mass is 385 g/mol. The van der Waals surface area contributed by atoms with E-state index in [-0.39, 0.29) is 11.7 Å². The molecule has 0 aliphatic carbocycles. The van der Waals surface area contributed by atoms with Crippen molar-refractivity contribution >= 4 is 10.8 Å². The van der Waals surface area contributed by atoms with E-state index >= 15 is 0 Å². The van der Waals surface area contributed by atoms with E-state index < -0.39 is 10.8 Å². The lowest BCUT2D eigenvalue weighted by Gasteiger charge is -2.26. The normalized spacial score (nSPS) is 14.9. The van der Waals surface area contributed by atoms with Crippen LogP contribution in [0.5, 0.6) is 0 Å². The number of ether oxygens (including phenoxy) is 2. The van der Waals surface area contributed by atoms with Crippen LogP contribution in [-0.2, 0) is 20.3 Å². The van der Waals surface area contributed by atoms with E-state index in [1.807, 2.05) is 30.3 Å². The second-order valence-corrected chi connectivity index (χ2v) is 7.66. The molecule has 0 aliphatic heterocycles. The molecular formula is C19H31NO5S. The van der Waals surface area contributed by atoms with E-state index in [9.17, 15) is 9.46 Å². The Morgan fingerprint density at radius 1 is 1.19 bits per heavy atom. The minimum absolute atomic E-state index is 0.200. The average molecular weight is 386 g/mol. The van der Waals surface area contributed by atoms with Gasteiger partial charge in [-0.2, -0.15) is 0 Å². The highest BCUT2D eigenvalue weighted by molar-refractivity contribution is 8.23. The molecule has 26 heavy (non-hydrogen) atoms. The number of rotatable bonds is 13. The van der Waals surface area contributed by atoms with Gasteiger partial charge in [-0.05, 0) is 12.0 Å². The van der Waals surface area contributed by atoms with Gasteiger partial charge in [-0.15, -0.1) is 4.91 Å². The summed E-state index contributed by atoms with van der Waals surface area (Å²) in [6.07, 6.45) is 3.81. The molecule has 1 aromatic rings. The minimum atomic E-state index is -2.80. The molecule has 0 spiro atoms. The highest BCUT2D eigenvalue weighted by atomic mass is 32.3. The van der Waals surface area contributed by atoms with Gasteiger partial charge in [-0.3, -0.25) is 8.74 Å². The Morgan fingerprint density at radius 2 is 1.81 bits per heavy atom. The first-order valence-electron chi connectivity index (χ1n) is 8.37. The number of hydrogen-bond donors (Lipinski definition) is 1. The molecule has 2 unspecified atom stereocenters. The molecule has 1 N–H and O–H groups in total. The van der Waals surface area contributed by atoms with Gasteiger partial charge >= 0.3 is 0 Å². The van der Waals surface area contributed by atoms with Crippen LogP contribution in [-0.4, -0.2) is 37.2 Å². The highest BCUT2D eigenvalue weighted by Gasteiger charge is 2.14. The van der Waals surface area contributed by atoms with Crippen LogP contribution < -0.4 is 0 Å². The topological polar surface area (TPSA) is 77.3 Å². The summed E-state index contributed by atoms with van der Waals surface area (Å²) in [5.74, 6) is 0.480. The van der Waals surface area contributed by atoms with Crippen LogP contribution in [0.2, 0.25) is 0 Å². The van der Waals surface area contributed by atoms with E-state index in [1.54, 1.807) is 12.2 Å². The summed E-state index contributed by atoms with van der Waals surface area (Å²) in [7, 11) is -1.51. The summed E-state index contributed by atoms with van der Waals surface area (Å²) in [4.78, 5) is 10.4. The number of allylic oxidation sites excluding steroid dienone is 2. The van der Waals surface area contributed by atoms with Crippen LogP contribution >= 0.6 is 10.8 Å². The fourth-order valence-electron chi connectivity index (χ4n) is 1.78. The zero-order valence-corrected chi connectivity index (χ0v) is 16.5. The standard InChI is InChI=1S/C15H25NO5S.C4H6/c1-14(12-21-13-15-7-4-3-5-8-15)11-20-9-6-10-22(18,16-17)19-2;1-3-4-2/h3-5,7-8,14,18H,6,9-13H2,1-2H3;3-4H,1-2H2. The maximum Gasteiger partial charge on any atom is 0.0717 e. The smallest absolute Gasteiger partial charge is 0.0717 e. The fraction of sp³-hybridized carbons (Fsp3) is 0.474. The van der Waals surface area contributed by atoms with Gasteiger partial charge < -0.3 is 9.47 Å². The Labute approximate surface area is 158 Å². The molecule has 0 aromatic heterocycles. The summed E-state index contributed by atoms with van der Waals surface area (Å²) in [6.45, 7) is 11.0. The first-order chi connectivity index (χ1) is 12.5. The van der Waals surface area contributed by atoms with E-state index in [0.29, 0.717) is 32.8 Å². The van der Waals surface area contributed by atoms with Gasteiger partial charge in [0.2, 0.25) is 0 Å².